The van der Waals surface area contributed by atoms with Gasteiger partial charge in [0.05, 0.1) is 7.11 Å². The van der Waals surface area contributed by atoms with E-state index in [1.807, 2.05) is 0 Å². The molecule has 15 heavy (non-hydrogen) atoms. The summed E-state index contributed by atoms with van der Waals surface area (Å²) in [6.45, 7) is 1.61. The number of nitrogens with zero attached hydrogens (tertiary/aromatic N) is 2. The van der Waals surface area contributed by atoms with E-state index < -0.39 is 0 Å². The van der Waals surface area contributed by atoms with Gasteiger partial charge in [-0.3, -0.25) is 4.79 Å². The number of ether oxygens (including phenoxy) is 1. The van der Waals surface area contributed by atoms with Crippen LogP contribution in [0.1, 0.15) is 19.3 Å². The van der Waals surface area contributed by atoms with Gasteiger partial charge in [0, 0.05) is 20.1 Å². The first-order chi connectivity index (χ1) is 7.15. The second-order valence-electron chi connectivity index (χ2n) is 3.76. The van der Waals surface area contributed by atoms with Crippen molar-refractivity contribution in [1.29, 1.82) is 0 Å². The van der Waals surface area contributed by atoms with E-state index in [1.165, 1.54) is 18.4 Å². The summed E-state index contributed by atoms with van der Waals surface area (Å²) in [5.74, 6) is -0.386. The monoisotopic (exact) mass is 214 g/mol. The molecule has 0 N–H and O–H groups in total. The molecule has 5 heteroatoms. The van der Waals surface area contributed by atoms with Crippen molar-refractivity contribution >= 4 is 12.0 Å². The van der Waals surface area contributed by atoms with E-state index >= 15 is 0 Å². The second-order valence-corrected chi connectivity index (χ2v) is 3.76. The number of carbonyl (C=O) groups is 2. The minimum atomic E-state index is -0.386. The first-order valence-electron chi connectivity index (χ1n) is 5.22. The van der Waals surface area contributed by atoms with Crippen molar-refractivity contribution in [1.82, 2.24) is 9.80 Å². The topological polar surface area (TPSA) is 49.9 Å². The third-order valence-electron chi connectivity index (χ3n) is 2.55. The number of carbonyl (C=O) groups excluding carboxylic acids is 2. The molecule has 0 atom stereocenters. The summed E-state index contributed by atoms with van der Waals surface area (Å²) in [4.78, 5) is 26.0. The van der Waals surface area contributed by atoms with Crippen LogP contribution in [-0.4, -0.2) is 55.6 Å². The number of urea groups is 1. The van der Waals surface area contributed by atoms with Gasteiger partial charge >= 0.3 is 12.0 Å². The lowest BCUT2D eigenvalue weighted by Crippen LogP contribution is -2.45. The molecule has 0 aromatic rings. The van der Waals surface area contributed by atoms with Crippen LogP contribution in [-0.2, 0) is 9.53 Å². The highest BCUT2D eigenvalue weighted by atomic mass is 16.5. The predicted molar refractivity (Wildman–Crippen MR) is 55.5 cm³/mol. The number of rotatable bonds is 2. The van der Waals surface area contributed by atoms with Crippen LogP contribution >= 0.6 is 0 Å². The van der Waals surface area contributed by atoms with Crippen molar-refractivity contribution < 1.29 is 14.3 Å². The van der Waals surface area contributed by atoms with Crippen LogP contribution in [0.3, 0.4) is 0 Å². The molecule has 1 saturated heterocycles. The standard InChI is InChI=1S/C10H18N2O3/c1-11(8-9(13)15-2)10(14)12-6-4-3-5-7-12/h3-8H2,1-2H3. The van der Waals surface area contributed by atoms with E-state index in [2.05, 4.69) is 4.74 Å². The third kappa shape index (κ3) is 3.42. The molecule has 5 nitrogen and oxygen atoms in total. The second kappa shape index (κ2) is 5.58. The minimum Gasteiger partial charge on any atom is -0.468 e. The Morgan fingerprint density at radius 3 is 2.40 bits per heavy atom. The number of methoxy groups -OCH3 is 1. The van der Waals surface area contributed by atoms with E-state index in [1.54, 1.807) is 11.9 Å². The van der Waals surface area contributed by atoms with Crippen LogP contribution in [0.2, 0.25) is 0 Å². The molecule has 0 saturated carbocycles. The molecule has 0 bridgehead atoms. The summed E-state index contributed by atoms with van der Waals surface area (Å²) in [7, 11) is 2.94. The summed E-state index contributed by atoms with van der Waals surface area (Å²) < 4.78 is 4.51. The number of hydrogen-bond acceptors (Lipinski definition) is 3. The van der Waals surface area contributed by atoms with E-state index in [4.69, 9.17) is 0 Å². The van der Waals surface area contributed by atoms with E-state index in [0.717, 1.165) is 25.9 Å². The minimum absolute atomic E-state index is 0.0197. The normalized spacial score (nSPS) is 16.0. The van der Waals surface area contributed by atoms with Gasteiger partial charge in [-0.25, -0.2) is 4.79 Å². The molecule has 0 unspecified atom stereocenters. The SMILES string of the molecule is COC(=O)CN(C)C(=O)N1CCCCC1. The zero-order valence-electron chi connectivity index (χ0n) is 9.36. The molecule has 0 aromatic carbocycles. The molecule has 2 amide bonds. The fourth-order valence-corrected chi connectivity index (χ4v) is 1.65. The zero-order chi connectivity index (χ0) is 11.3. The summed E-state index contributed by atoms with van der Waals surface area (Å²) in [6.07, 6.45) is 3.29. The molecular formula is C10H18N2O3. The molecule has 0 radical (unpaired) electrons. The molecule has 1 fully saturated rings. The third-order valence-corrected chi connectivity index (χ3v) is 2.55. The van der Waals surface area contributed by atoms with Gasteiger partial charge in [-0.15, -0.1) is 0 Å². The maximum atomic E-state index is 11.8. The molecule has 0 spiro atoms. The van der Waals surface area contributed by atoms with E-state index in [0.29, 0.717) is 0 Å². The highest BCUT2D eigenvalue weighted by molar-refractivity contribution is 5.80. The van der Waals surface area contributed by atoms with Gasteiger partial charge in [0.1, 0.15) is 6.54 Å². The predicted octanol–water partition coefficient (Wildman–Crippen LogP) is 0.697. The van der Waals surface area contributed by atoms with Crippen molar-refractivity contribution in [3.63, 3.8) is 0 Å². The lowest BCUT2D eigenvalue weighted by atomic mass is 10.1. The van der Waals surface area contributed by atoms with Gasteiger partial charge in [0.15, 0.2) is 0 Å². The van der Waals surface area contributed by atoms with Crippen LogP contribution in [0.15, 0.2) is 0 Å². The number of likely N-dealkylation sites (tertiary alicyclic amines) is 1. The summed E-state index contributed by atoms with van der Waals surface area (Å²) in [5, 5.41) is 0. The van der Waals surface area contributed by atoms with Gasteiger partial charge in [-0.2, -0.15) is 0 Å². The first kappa shape index (κ1) is 11.8. The Bertz CT molecular complexity index is 237. The highest BCUT2D eigenvalue weighted by Crippen LogP contribution is 2.10. The number of piperidine rings is 1. The summed E-state index contributed by atoms with van der Waals surface area (Å²) in [6, 6.07) is -0.0832. The van der Waals surface area contributed by atoms with Gasteiger partial charge < -0.3 is 14.5 Å². The Kier molecular flexibility index (Phi) is 4.39. The van der Waals surface area contributed by atoms with Crippen LogP contribution in [0, 0.1) is 0 Å². The molecule has 86 valence electrons. The van der Waals surface area contributed by atoms with Crippen LogP contribution in [0.25, 0.3) is 0 Å². The molecule has 1 heterocycles. The molecule has 1 rings (SSSR count). The number of amides is 2. The van der Waals surface area contributed by atoms with Crippen molar-refractivity contribution in [2.75, 3.05) is 33.8 Å². The van der Waals surface area contributed by atoms with Gasteiger partial charge in [0.2, 0.25) is 0 Å². The van der Waals surface area contributed by atoms with Crippen molar-refractivity contribution in [2.24, 2.45) is 0 Å². The Hall–Kier alpha value is -1.26. The molecule has 1 aliphatic heterocycles. The molecule has 0 aromatic heterocycles. The Morgan fingerprint density at radius 2 is 1.87 bits per heavy atom. The number of likely N-dealkylation sites (N-methyl/N-ethyl adjacent to an activating group) is 1. The lowest BCUT2D eigenvalue weighted by molar-refractivity contribution is -0.141. The lowest BCUT2D eigenvalue weighted by Gasteiger charge is -2.30. The Labute approximate surface area is 90.0 Å². The molecule has 0 aliphatic carbocycles. The smallest absolute Gasteiger partial charge is 0.325 e. The van der Waals surface area contributed by atoms with Crippen LogP contribution in [0.5, 0.6) is 0 Å². The summed E-state index contributed by atoms with van der Waals surface area (Å²) in [5.41, 5.74) is 0. The average molecular weight is 214 g/mol. The Balaban J connectivity index is 2.40. The van der Waals surface area contributed by atoms with Crippen molar-refractivity contribution in [2.45, 2.75) is 19.3 Å². The van der Waals surface area contributed by atoms with Gasteiger partial charge in [-0.1, -0.05) is 0 Å². The van der Waals surface area contributed by atoms with E-state index in [-0.39, 0.29) is 18.5 Å². The van der Waals surface area contributed by atoms with Crippen LogP contribution < -0.4 is 0 Å². The quantitative estimate of drug-likeness (QED) is 0.636. The zero-order valence-corrected chi connectivity index (χ0v) is 9.36. The first-order valence-corrected chi connectivity index (χ1v) is 5.22. The maximum absolute atomic E-state index is 11.8. The Morgan fingerprint density at radius 1 is 1.27 bits per heavy atom. The molecular weight excluding hydrogens is 196 g/mol. The fourth-order valence-electron chi connectivity index (χ4n) is 1.65. The molecule has 1 aliphatic rings. The number of esters is 1. The van der Waals surface area contributed by atoms with E-state index in [9.17, 15) is 9.59 Å². The largest absolute Gasteiger partial charge is 0.468 e. The average Bonchev–Trinajstić information content (AvgIpc) is 2.29. The highest BCUT2D eigenvalue weighted by Gasteiger charge is 2.21. The van der Waals surface area contributed by atoms with Gasteiger partial charge in [-0.05, 0) is 19.3 Å². The number of hydrogen-bond donors (Lipinski definition) is 0. The van der Waals surface area contributed by atoms with Crippen LogP contribution in [0.4, 0.5) is 4.79 Å². The van der Waals surface area contributed by atoms with Crippen molar-refractivity contribution in [3.05, 3.63) is 0 Å². The van der Waals surface area contributed by atoms with Gasteiger partial charge in [0.25, 0.3) is 0 Å². The maximum Gasteiger partial charge on any atom is 0.325 e. The fraction of sp³-hybridized carbons (Fsp3) is 0.800. The van der Waals surface area contributed by atoms with Crippen molar-refractivity contribution in [3.8, 4) is 0 Å². The summed E-state index contributed by atoms with van der Waals surface area (Å²) >= 11 is 0.